The van der Waals surface area contributed by atoms with Crippen LogP contribution in [0.1, 0.15) is 51.4 Å². The topological polar surface area (TPSA) is 83.0 Å². The van der Waals surface area contributed by atoms with Crippen LogP contribution < -0.4 is 10.6 Å². The number of rotatable bonds is 7. The number of fused-ring (bicyclic) bond motifs is 1. The lowest BCUT2D eigenvalue weighted by Crippen LogP contribution is -2.50. The van der Waals surface area contributed by atoms with Crippen molar-refractivity contribution in [3.05, 3.63) is 40.9 Å². The molecule has 28 heavy (non-hydrogen) atoms. The summed E-state index contributed by atoms with van der Waals surface area (Å²) in [5, 5.41) is 7.14. The van der Waals surface area contributed by atoms with Gasteiger partial charge in [-0.1, -0.05) is 18.5 Å². The van der Waals surface area contributed by atoms with Gasteiger partial charge in [-0.2, -0.15) is 0 Å². The Morgan fingerprint density at radius 2 is 2.18 bits per heavy atom. The second-order valence-electron chi connectivity index (χ2n) is 7.46. The van der Waals surface area contributed by atoms with Crippen molar-refractivity contribution in [1.82, 2.24) is 19.9 Å². The smallest absolute Gasteiger partial charge is 0.247 e. The molecule has 2 aromatic rings. The Kier molecular flexibility index (Phi) is 6.03. The van der Waals surface area contributed by atoms with Crippen LogP contribution in [0.15, 0.2) is 24.5 Å². The van der Waals surface area contributed by atoms with Crippen molar-refractivity contribution in [2.45, 2.75) is 45.6 Å². The molecule has 0 aliphatic carbocycles. The van der Waals surface area contributed by atoms with Crippen LogP contribution in [0.3, 0.4) is 0 Å². The van der Waals surface area contributed by atoms with E-state index in [-0.39, 0.29) is 11.8 Å². The minimum Gasteiger partial charge on any atom is -0.369 e. The van der Waals surface area contributed by atoms with E-state index in [4.69, 9.17) is 11.6 Å². The van der Waals surface area contributed by atoms with Crippen molar-refractivity contribution in [2.75, 3.05) is 30.3 Å². The molecule has 0 fully saturated rings. The average Bonchev–Trinajstić information content (AvgIpc) is 3.08. The molecule has 1 unspecified atom stereocenters. The molecule has 1 amide bonds. The number of likely N-dealkylation sites (N-methyl/N-ethyl adjacent to an activating group) is 1. The molecule has 7 nitrogen and oxygen atoms in total. The van der Waals surface area contributed by atoms with Gasteiger partial charge in [-0.3, -0.25) is 4.79 Å². The number of carbonyl (C=O) groups is 1. The summed E-state index contributed by atoms with van der Waals surface area (Å²) in [6.45, 7) is 9.92. The lowest BCUT2D eigenvalue weighted by Gasteiger charge is -2.32. The van der Waals surface area contributed by atoms with Crippen LogP contribution in [-0.4, -0.2) is 50.9 Å². The van der Waals surface area contributed by atoms with Crippen molar-refractivity contribution >= 4 is 29.1 Å². The van der Waals surface area contributed by atoms with E-state index in [2.05, 4.69) is 32.5 Å². The Hall–Kier alpha value is -2.41. The Balaban J connectivity index is 1.81. The third kappa shape index (κ3) is 4.19. The van der Waals surface area contributed by atoms with Gasteiger partial charge in [0.1, 0.15) is 23.0 Å². The first kappa shape index (κ1) is 20.3. The van der Waals surface area contributed by atoms with Gasteiger partial charge < -0.3 is 15.5 Å². The molecule has 1 atom stereocenters. The highest BCUT2D eigenvalue weighted by Gasteiger charge is 2.32. The Labute approximate surface area is 170 Å². The second-order valence-corrected chi connectivity index (χ2v) is 7.90. The predicted octanol–water partition coefficient (Wildman–Crippen LogP) is 3.53. The molecule has 1 aliphatic rings. The van der Waals surface area contributed by atoms with Gasteiger partial charge in [0.2, 0.25) is 5.91 Å². The van der Waals surface area contributed by atoms with Gasteiger partial charge in [0, 0.05) is 37.6 Å². The summed E-state index contributed by atoms with van der Waals surface area (Å²) in [5.41, 5.74) is 0.216. The number of nitrogens with zero attached hydrogens (tertiary/aromatic N) is 4. The van der Waals surface area contributed by atoms with Crippen molar-refractivity contribution in [3.8, 4) is 0 Å². The maximum atomic E-state index is 12.9. The summed E-state index contributed by atoms with van der Waals surface area (Å²) in [6.07, 6.45) is 4.27. The summed E-state index contributed by atoms with van der Waals surface area (Å²) >= 11 is 6.11. The quantitative estimate of drug-likeness (QED) is 0.737. The number of nitrogens with one attached hydrogen (secondary N) is 2. The molecule has 0 saturated heterocycles. The molecular formula is C20H27ClN6O. The molecule has 0 saturated carbocycles. The molecule has 0 radical (unpaired) electrons. The zero-order valence-electron chi connectivity index (χ0n) is 16.8. The molecule has 2 N–H and O–H groups in total. The summed E-state index contributed by atoms with van der Waals surface area (Å²) in [6, 6.07) is 3.68. The highest BCUT2D eigenvalue weighted by molar-refractivity contribution is 6.30. The highest BCUT2D eigenvalue weighted by Crippen LogP contribution is 2.35. The zero-order valence-corrected chi connectivity index (χ0v) is 17.5. The first-order chi connectivity index (χ1) is 13.4. The molecule has 2 aromatic heterocycles. The summed E-state index contributed by atoms with van der Waals surface area (Å²) < 4.78 is 0. The van der Waals surface area contributed by atoms with Gasteiger partial charge in [0.05, 0.1) is 10.9 Å². The SMILES string of the molecule is CCCN(CC)C(=O)C(C)(C)Nc1ccnc(C2CNc3ncc(Cl)cc32)n1. The number of anilines is 2. The molecule has 1 aliphatic heterocycles. The van der Waals surface area contributed by atoms with Crippen molar-refractivity contribution in [3.63, 3.8) is 0 Å². The van der Waals surface area contributed by atoms with Crippen LogP contribution >= 0.6 is 11.6 Å². The fraction of sp³-hybridized carbons (Fsp3) is 0.500. The number of hydrogen-bond acceptors (Lipinski definition) is 6. The van der Waals surface area contributed by atoms with E-state index >= 15 is 0 Å². The van der Waals surface area contributed by atoms with Crippen LogP contribution in [-0.2, 0) is 4.79 Å². The largest absolute Gasteiger partial charge is 0.369 e. The zero-order chi connectivity index (χ0) is 20.3. The Bertz CT molecular complexity index is 856. The molecule has 3 rings (SSSR count). The van der Waals surface area contributed by atoms with E-state index in [1.165, 1.54) is 0 Å². The summed E-state index contributed by atoms with van der Waals surface area (Å²) in [5.74, 6) is 2.13. The normalized spacial score (nSPS) is 15.7. The molecule has 0 aromatic carbocycles. The third-order valence-corrected chi connectivity index (χ3v) is 5.06. The number of hydrogen-bond donors (Lipinski definition) is 2. The maximum Gasteiger partial charge on any atom is 0.247 e. The second kappa shape index (κ2) is 8.31. The van der Waals surface area contributed by atoms with Crippen LogP contribution in [0.5, 0.6) is 0 Å². The molecular weight excluding hydrogens is 376 g/mol. The molecule has 150 valence electrons. The maximum absolute atomic E-state index is 12.9. The van der Waals surface area contributed by atoms with Crippen molar-refractivity contribution in [1.29, 1.82) is 0 Å². The van der Waals surface area contributed by atoms with Gasteiger partial charge in [0.15, 0.2) is 0 Å². The monoisotopic (exact) mass is 402 g/mol. The third-order valence-electron chi connectivity index (χ3n) is 4.86. The summed E-state index contributed by atoms with van der Waals surface area (Å²) in [4.78, 5) is 28.2. The number of aromatic nitrogens is 3. The Morgan fingerprint density at radius 3 is 2.89 bits per heavy atom. The van der Waals surface area contributed by atoms with Gasteiger partial charge >= 0.3 is 0 Å². The average molecular weight is 403 g/mol. The van der Waals surface area contributed by atoms with Crippen LogP contribution in [0.2, 0.25) is 5.02 Å². The van der Waals surface area contributed by atoms with E-state index in [1.807, 2.05) is 31.7 Å². The lowest BCUT2D eigenvalue weighted by atomic mass is 10.0. The van der Waals surface area contributed by atoms with Gasteiger partial charge in [-0.15, -0.1) is 0 Å². The van der Waals surface area contributed by atoms with Gasteiger partial charge in [0.25, 0.3) is 0 Å². The van der Waals surface area contributed by atoms with E-state index in [0.717, 1.165) is 24.3 Å². The van der Waals surface area contributed by atoms with E-state index in [9.17, 15) is 4.79 Å². The molecule has 8 heteroatoms. The first-order valence-electron chi connectivity index (χ1n) is 9.65. The van der Waals surface area contributed by atoms with Crippen LogP contribution in [0.25, 0.3) is 0 Å². The number of amides is 1. The van der Waals surface area contributed by atoms with E-state index < -0.39 is 5.54 Å². The van der Waals surface area contributed by atoms with Gasteiger partial charge in [-0.25, -0.2) is 15.0 Å². The molecule has 3 heterocycles. The predicted molar refractivity (Wildman–Crippen MR) is 112 cm³/mol. The minimum absolute atomic E-state index is 0.0333. The molecule has 0 spiro atoms. The number of pyridine rings is 1. The van der Waals surface area contributed by atoms with Crippen LogP contribution in [0.4, 0.5) is 11.6 Å². The first-order valence-corrected chi connectivity index (χ1v) is 10.0. The standard InChI is InChI=1S/C20H27ClN6O/c1-5-9-27(6-2)19(28)20(3,4)26-16-7-8-22-18(25-16)15-12-24-17-14(15)10-13(21)11-23-17/h7-8,10-11,15H,5-6,9,12H2,1-4H3,(H,23,24)(H,22,25,26). The van der Waals surface area contributed by atoms with E-state index in [1.54, 1.807) is 18.5 Å². The van der Waals surface area contributed by atoms with Gasteiger partial charge in [-0.05, 0) is 39.3 Å². The number of carbonyl (C=O) groups excluding carboxylic acids is 1. The van der Waals surface area contributed by atoms with Crippen LogP contribution in [0, 0.1) is 0 Å². The fourth-order valence-electron chi connectivity index (χ4n) is 3.46. The number of halogens is 1. The van der Waals surface area contributed by atoms with Crippen molar-refractivity contribution < 1.29 is 4.79 Å². The minimum atomic E-state index is -0.770. The highest BCUT2D eigenvalue weighted by atomic mass is 35.5. The Morgan fingerprint density at radius 1 is 1.39 bits per heavy atom. The lowest BCUT2D eigenvalue weighted by molar-refractivity contribution is -0.134. The van der Waals surface area contributed by atoms with E-state index in [0.29, 0.717) is 29.8 Å². The summed E-state index contributed by atoms with van der Waals surface area (Å²) in [7, 11) is 0. The molecule has 0 bridgehead atoms. The van der Waals surface area contributed by atoms with Crippen molar-refractivity contribution in [2.24, 2.45) is 0 Å². The fourth-order valence-corrected chi connectivity index (χ4v) is 3.63.